The van der Waals surface area contributed by atoms with Gasteiger partial charge >= 0.3 is 0 Å². The van der Waals surface area contributed by atoms with E-state index in [0.29, 0.717) is 12.2 Å². The Morgan fingerprint density at radius 1 is 1.25 bits per heavy atom. The van der Waals surface area contributed by atoms with Crippen molar-refractivity contribution in [3.8, 4) is 6.07 Å². The van der Waals surface area contributed by atoms with Crippen LogP contribution in [0, 0.1) is 11.3 Å². The van der Waals surface area contributed by atoms with Crippen molar-refractivity contribution in [1.82, 2.24) is 4.98 Å². The number of pyridine rings is 1. The lowest BCUT2D eigenvalue weighted by molar-refractivity contribution is -0.114. The van der Waals surface area contributed by atoms with E-state index in [0.717, 1.165) is 16.9 Å². The zero-order valence-corrected chi connectivity index (χ0v) is 11.1. The van der Waals surface area contributed by atoms with Crippen molar-refractivity contribution in [3.63, 3.8) is 0 Å². The molecule has 20 heavy (non-hydrogen) atoms. The van der Waals surface area contributed by atoms with Gasteiger partial charge in [-0.3, -0.25) is 4.79 Å². The smallest absolute Gasteiger partial charge is 0.221 e. The highest BCUT2D eigenvalue weighted by Gasteiger charge is 1.98. The molecule has 1 heterocycles. The van der Waals surface area contributed by atoms with Gasteiger partial charge in [0.15, 0.2) is 0 Å². The minimum atomic E-state index is -0.0912. The molecule has 2 aromatic rings. The van der Waals surface area contributed by atoms with Crippen molar-refractivity contribution in [3.05, 3.63) is 53.9 Å². The molecule has 0 spiro atoms. The van der Waals surface area contributed by atoms with Crippen LogP contribution < -0.4 is 10.6 Å². The lowest BCUT2D eigenvalue weighted by atomic mass is 10.2. The Morgan fingerprint density at radius 2 is 1.95 bits per heavy atom. The highest BCUT2D eigenvalue weighted by molar-refractivity contribution is 5.88. The maximum atomic E-state index is 10.9. The summed E-state index contributed by atoms with van der Waals surface area (Å²) in [4.78, 5) is 14.8. The Morgan fingerprint density at radius 3 is 2.60 bits per heavy atom. The molecule has 0 radical (unpaired) electrons. The van der Waals surface area contributed by atoms with E-state index in [1.54, 1.807) is 12.3 Å². The topological polar surface area (TPSA) is 77.8 Å². The number of benzene rings is 1. The first kappa shape index (κ1) is 13.6. The molecule has 5 nitrogen and oxygen atoms in total. The molecule has 0 aliphatic heterocycles. The van der Waals surface area contributed by atoms with E-state index >= 15 is 0 Å². The first-order valence-electron chi connectivity index (χ1n) is 6.14. The highest BCUT2D eigenvalue weighted by atomic mass is 16.1. The molecule has 2 rings (SSSR count). The van der Waals surface area contributed by atoms with Crippen LogP contribution in [-0.2, 0) is 11.3 Å². The summed E-state index contributed by atoms with van der Waals surface area (Å²) < 4.78 is 0. The number of anilines is 2. The van der Waals surface area contributed by atoms with Crippen LogP contribution in [0.25, 0.3) is 0 Å². The summed E-state index contributed by atoms with van der Waals surface area (Å²) in [6.45, 7) is 2.08. The van der Waals surface area contributed by atoms with E-state index in [1.165, 1.54) is 6.92 Å². The Bertz CT molecular complexity index is 644. The number of hydrogen-bond acceptors (Lipinski definition) is 4. The number of amides is 1. The summed E-state index contributed by atoms with van der Waals surface area (Å²) in [6, 6.07) is 13.1. The molecule has 0 fully saturated rings. The van der Waals surface area contributed by atoms with Crippen molar-refractivity contribution in [2.75, 3.05) is 10.6 Å². The molecule has 0 saturated carbocycles. The number of carbonyl (C=O) groups excluding carboxylic acids is 1. The van der Waals surface area contributed by atoms with E-state index in [9.17, 15) is 4.79 Å². The van der Waals surface area contributed by atoms with Crippen LogP contribution in [0.2, 0.25) is 0 Å². The lowest BCUT2D eigenvalue weighted by Gasteiger charge is -2.08. The summed E-state index contributed by atoms with van der Waals surface area (Å²) in [5.41, 5.74) is 3.10. The molecular formula is C15H14N4O. The molecule has 0 bridgehead atoms. The summed E-state index contributed by atoms with van der Waals surface area (Å²) in [5, 5.41) is 14.7. The summed E-state index contributed by atoms with van der Waals surface area (Å²) in [6.07, 6.45) is 1.62. The number of nitriles is 1. The quantitative estimate of drug-likeness (QED) is 0.891. The number of rotatable bonds is 4. The zero-order chi connectivity index (χ0) is 14.4. The molecule has 0 atom stereocenters. The molecule has 0 saturated heterocycles. The van der Waals surface area contributed by atoms with Gasteiger partial charge in [0.1, 0.15) is 11.8 Å². The second-order valence-electron chi connectivity index (χ2n) is 4.27. The third kappa shape index (κ3) is 3.82. The van der Waals surface area contributed by atoms with Crippen molar-refractivity contribution >= 4 is 17.3 Å². The number of nitrogens with one attached hydrogen (secondary N) is 2. The molecule has 0 aliphatic carbocycles. The van der Waals surface area contributed by atoms with Crippen molar-refractivity contribution in [2.45, 2.75) is 13.5 Å². The summed E-state index contributed by atoms with van der Waals surface area (Å²) in [5.74, 6) is -0.0912. The minimum Gasteiger partial charge on any atom is -0.381 e. The molecule has 1 aromatic heterocycles. The van der Waals surface area contributed by atoms with E-state index < -0.39 is 0 Å². The molecule has 5 heteroatoms. The van der Waals surface area contributed by atoms with Crippen LogP contribution in [0.1, 0.15) is 18.2 Å². The van der Waals surface area contributed by atoms with Crippen LogP contribution in [0.5, 0.6) is 0 Å². The average Bonchev–Trinajstić information content (AvgIpc) is 2.46. The van der Waals surface area contributed by atoms with Gasteiger partial charge in [0.2, 0.25) is 5.91 Å². The molecule has 0 unspecified atom stereocenters. The number of aromatic nitrogens is 1. The number of hydrogen-bond donors (Lipinski definition) is 2. The van der Waals surface area contributed by atoms with Gasteiger partial charge in [-0.2, -0.15) is 5.26 Å². The fourth-order valence-electron chi connectivity index (χ4n) is 1.72. The molecule has 2 N–H and O–H groups in total. The van der Waals surface area contributed by atoms with Crippen LogP contribution in [0.15, 0.2) is 42.6 Å². The summed E-state index contributed by atoms with van der Waals surface area (Å²) in [7, 11) is 0. The first-order chi connectivity index (χ1) is 9.67. The Kier molecular flexibility index (Phi) is 4.30. The van der Waals surface area contributed by atoms with Gasteiger partial charge in [-0.15, -0.1) is 0 Å². The second-order valence-corrected chi connectivity index (χ2v) is 4.27. The lowest BCUT2D eigenvalue weighted by Crippen LogP contribution is -2.05. The summed E-state index contributed by atoms with van der Waals surface area (Å²) >= 11 is 0. The predicted octanol–water partition coefficient (Wildman–Crippen LogP) is 2.52. The third-order valence-electron chi connectivity index (χ3n) is 2.64. The minimum absolute atomic E-state index is 0.0912. The van der Waals surface area contributed by atoms with Crippen LogP contribution in [-0.4, -0.2) is 10.9 Å². The van der Waals surface area contributed by atoms with E-state index in [1.807, 2.05) is 36.4 Å². The maximum absolute atomic E-state index is 10.9. The van der Waals surface area contributed by atoms with Gasteiger partial charge in [-0.1, -0.05) is 0 Å². The average molecular weight is 266 g/mol. The van der Waals surface area contributed by atoms with Gasteiger partial charge in [0, 0.05) is 31.0 Å². The Labute approximate surface area is 117 Å². The van der Waals surface area contributed by atoms with Crippen LogP contribution >= 0.6 is 0 Å². The largest absolute Gasteiger partial charge is 0.381 e. The number of carbonyl (C=O) groups is 1. The predicted molar refractivity (Wildman–Crippen MR) is 77.0 cm³/mol. The highest BCUT2D eigenvalue weighted by Crippen LogP contribution is 2.14. The van der Waals surface area contributed by atoms with Crippen LogP contribution in [0.4, 0.5) is 11.4 Å². The van der Waals surface area contributed by atoms with Crippen molar-refractivity contribution < 1.29 is 4.79 Å². The zero-order valence-electron chi connectivity index (χ0n) is 11.1. The van der Waals surface area contributed by atoms with E-state index in [2.05, 4.69) is 15.6 Å². The SMILES string of the molecule is CC(=O)Nc1ccc(NCc2ccnc(C#N)c2)cc1. The molecule has 1 amide bonds. The maximum Gasteiger partial charge on any atom is 0.221 e. The first-order valence-corrected chi connectivity index (χ1v) is 6.14. The molecule has 1 aromatic carbocycles. The fourth-order valence-corrected chi connectivity index (χ4v) is 1.72. The number of nitrogens with zero attached hydrogens (tertiary/aromatic N) is 2. The Balaban J connectivity index is 1.97. The molecule has 0 aliphatic rings. The standard InChI is InChI=1S/C15H14N4O/c1-11(20)19-14-4-2-13(3-5-14)18-10-12-6-7-17-15(8-12)9-16/h2-8,18H,10H2,1H3,(H,19,20). The van der Waals surface area contributed by atoms with E-state index in [4.69, 9.17) is 5.26 Å². The Hall–Kier alpha value is -2.87. The van der Waals surface area contributed by atoms with Crippen molar-refractivity contribution in [2.24, 2.45) is 0 Å². The normalized spacial score (nSPS) is 9.60. The van der Waals surface area contributed by atoms with Gasteiger partial charge < -0.3 is 10.6 Å². The van der Waals surface area contributed by atoms with Crippen LogP contribution in [0.3, 0.4) is 0 Å². The van der Waals surface area contributed by atoms with Gasteiger partial charge in [0.25, 0.3) is 0 Å². The van der Waals surface area contributed by atoms with Crippen molar-refractivity contribution in [1.29, 1.82) is 5.26 Å². The van der Waals surface area contributed by atoms with Gasteiger partial charge in [0.05, 0.1) is 0 Å². The van der Waals surface area contributed by atoms with Gasteiger partial charge in [-0.05, 0) is 42.0 Å². The van der Waals surface area contributed by atoms with Gasteiger partial charge in [-0.25, -0.2) is 4.98 Å². The fraction of sp³-hybridized carbons (Fsp3) is 0.133. The monoisotopic (exact) mass is 266 g/mol. The molecule has 100 valence electrons. The van der Waals surface area contributed by atoms with E-state index in [-0.39, 0.29) is 5.91 Å². The third-order valence-corrected chi connectivity index (χ3v) is 2.64. The second kappa shape index (κ2) is 6.34. The molecular weight excluding hydrogens is 252 g/mol.